The van der Waals surface area contributed by atoms with E-state index in [2.05, 4.69) is 5.32 Å². The van der Waals surface area contributed by atoms with Crippen LogP contribution >= 0.6 is 23.2 Å². The van der Waals surface area contributed by atoms with Crippen molar-refractivity contribution in [2.24, 2.45) is 23.7 Å². The summed E-state index contributed by atoms with van der Waals surface area (Å²) in [5.41, 5.74) is 1.18. The van der Waals surface area contributed by atoms with Crippen LogP contribution in [0.4, 0.5) is 11.4 Å². The highest BCUT2D eigenvalue weighted by Crippen LogP contribution is 2.59. The minimum Gasteiger partial charge on any atom is -0.452 e. The summed E-state index contributed by atoms with van der Waals surface area (Å²) in [5, 5.41) is 1.86. The van der Waals surface area contributed by atoms with Gasteiger partial charge in [0, 0.05) is 11.3 Å². The molecule has 0 radical (unpaired) electrons. The van der Waals surface area contributed by atoms with Crippen LogP contribution in [0.5, 0.6) is 0 Å². The van der Waals surface area contributed by atoms with Crippen molar-refractivity contribution in [3.63, 3.8) is 0 Å². The van der Waals surface area contributed by atoms with E-state index in [1.807, 2.05) is 0 Å². The zero-order chi connectivity index (χ0) is 25.7. The van der Waals surface area contributed by atoms with E-state index in [1.54, 1.807) is 24.3 Å². The van der Waals surface area contributed by atoms with Gasteiger partial charge in [-0.05, 0) is 55.5 Å². The van der Waals surface area contributed by atoms with Crippen molar-refractivity contribution in [1.29, 1.82) is 0 Å². The van der Waals surface area contributed by atoms with Gasteiger partial charge in [0.1, 0.15) is 0 Å². The minimum atomic E-state index is -0.787. The van der Waals surface area contributed by atoms with Crippen LogP contribution in [-0.4, -0.2) is 46.8 Å². The molecule has 8 nitrogen and oxygen atoms in total. The number of carbonyl (C=O) groups excluding carboxylic acids is 5. The van der Waals surface area contributed by atoms with Crippen molar-refractivity contribution in [3.8, 4) is 0 Å². The molecule has 1 saturated heterocycles. The predicted octanol–water partition coefficient (Wildman–Crippen LogP) is 3.65. The van der Waals surface area contributed by atoms with E-state index in [-0.39, 0.29) is 51.4 Å². The molecule has 3 amide bonds. The first-order chi connectivity index (χ1) is 17.2. The lowest BCUT2D eigenvalue weighted by molar-refractivity contribution is -0.123. The van der Waals surface area contributed by atoms with Crippen molar-refractivity contribution >= 4 is 64.1 Å². The van der Waals surface area contributed by atoms with Crippen LogP contribution in [0.2, 0.25) is 0 Å². The molecule has 10 heteroatoms. The van der Waals surface area contributed by atoms with Crippen LogP contribution in [-0.2, 0) is 19.1 Å². The Morgan fingerprint density at radius 3 is 2.19 bits per heavy atom. The Morgan fingerprint density at radius 2 is 1.56 bits per heavy atom. The van der Waals surface area contributed by atoms with Gasteiger partial charge in [0.2, 0.25) is 11.8 Å². The number of halogens is 2. The number of nitrogens with zero attached hydrogens (tertiary/aromatic N) is 1. The second-order valence-corrected chi connectivity index (χ2v) is 10.3. The third-order valence-corrected chi connectivity index (χ3v) is 8.53. The number of ketones is 1. The van der Waals surface area contributed by atoms with Gasteiger partial charge in [-0.25, -0.2) is 4.79 Å². The maximum atomic E-state index is 13.2. The molecule has 2 saturated carbocycles. The number of hydrogen-bond donors (Lipinski definition) is 1. The molecule has 2 bridgehead atoms. The van der Waals surface area contributed by atoms with Gasteiger partial charge in [-0.1, -0.05) is 18.2 Å². The number of hydrogen-bond acceptors (Lipinski definition) is 6. The number of ether oxygens (including phenoxy) is 1. The van der Waals surface area contributed by atoms with Crippen molar-refractivity contribution in [2.45, 2.75) is 24.1 Å². The van der Waals surface area contributed by atoms with E-state index in [9.17, 15) is 24.0 Å². The predicted molar refractivity (Wildman–Crippen MR) is 132 cm³/mol. The maximum Gasteiger partial charge on any atom is 0.338 e. The number of imide groups is 1. The summed E-state index contributed by atoms with van der Waals surface area (Å²) in [6, 6.07) is 12.4. The standard InChI is InChI=1S/C26H22Cl2N2O6/c1-12(31)13-4-2-6-15(8-13)29-19(32)11-36-26(35)14-5-3-7-16(9-14)30-24(33)20-17-10-18(21(20)25(30)34)23(28)22(17)27/h2-9,17-18,20-23H,10-11H2,1H3,(H,29,32)/t17-,18-,20-,21-,22+,23+/m1/s1. The molecule has 2 aliphatic carbocycles. The Hall–Kier alpha value is -3.23. The van der Waals surface area contributed by atoms with Gasteiger partial charge in [0.15, 0.2) is 12.4 Å². The number of Topliss-reactive ketones (excluding diaryl/α,β-unsaturated/α-hetero) is 1. The molecule has 36 heavy (non-hydrogen) atoms. The average molecular weight is 529 g/mol. The highest BCUT2D eigenvalue weighted by atomic mass is 35.5. The lowest BCUT2D eigenvalue weighted by atomic mass is 9.80. The van der Waals surface area contributed by atoms with Crippen molar-refractivity contribution < 1.29 is 28.7 Å². The smallest absolute Gasteiger partial charge is 0.338 e. The molecule has 1 aliphatic heterocycles. The van der Waals surface area contributed by atoms with Gasteiger partial charge in [0.25, 0.3) is 5.91 Å². The van der Waals surface area contributed by atoms with Crippen LogP contribution in [0.3, 0.4) is 0 Å². The number of anilines is 2. The molecule has 0 unspecified atom stereocenters. The Kier molecular flexibility index (Phi) is 6.34. The van der Waals surface area contributed by atoms with E-state index in [1.165, 1.54) is 31.2 Å². The fourth-order valence-corrected chi connectivity index (χ4v) is 6.50. The molecule has 0 aromatic heterocycles. The summed E-state index contributed by atoms with van der Waals surface area (Å²) in [6.45, 7) is 0.858. The second kappa shape index (κ2) is 9.33. The van der Waals surface area contributed by atoms with E-state index >= 15 is 0 Å². The zero-order valence-corrected chi connectivity index (χ0v) is 20.7. The zero-order valence-electron chi connectivity index (χ0n) is 19.1. The molecular formula is C26H22Cl2N2O6. The van der Waals surface area contributed by atoms with Gasteiger partial charge < -0.3 is 10.1 Å². The number of rotatable bonds is 6. The number of benzene rings is 2. The number of esters is 1. The highest BCUT2D eigenvalue weighted by Gasteiger charge is 2.66. The fourth-order valence-electron chi connectivity index (χ4n) is 5.60. The number of alkyl halides is 2. The van der Waals surface area contributed by atoms with Crippen LogP contribution in [0.1, 0.15) is 34.1 Å². The summed E-state index contributed by atoms with van der Waals surface area (Å²) in [7, 11) is 0. The first-order valence-corrected chi connectivity index (χ1v) is 12.4. The molecule has 5 rings (SSSR count). The number of amides is 3. The lowest BCUT2D eigenvalue weighted by Gasteiger charge is -2.28. The van der Waals surface area contributed by atoms with E-state index in [0.717, 1.165) is 4.90 Å². The molecule has 1 N–H and O–H groups in total. The van der Waals surface area contributed by atoms with Crippen LogP contribution < -0.4 is 10.2 Å². The van der Waals surface area contributed by atoms with E-state index in [0.29, 0.717) is 17.7 Å². The largest absolute Gasteiger partial charge is 0.452 e. The Balaban J connectivity index is 1.25. The summed E-state index contributed by atoms with van der Waals surface area (Å²) < 4.78 is 5.12. The van der Waals surface area contributed by atoms with Gasteiger partial charge in [0.05, 0.1) is 33.8 Å². The molecule has 3 fully saturated rings. The Bertz CT molecular complexity index is 1260. The monoisotopic (exact) mass is 528 g/mol. The van der Waals surface area contributed by atoms with E-state index < -0.39 is 30.3 Å². The highest BCUT2D eigenvalue weighted by molar-refractivity contribution is 6.32. The molecule has 0 spiro atoms. The number of fused-ring (bicyclic) bond motifs is 5. The quantitative estimate of drug-likeness (QED) is 0.265. The Morgan fingerprint density at radius 1 is 0.944 bits per heavy atom. The molecule has 3 aliphatic rings. The topological polar surface area (TPSA) is 110 Å². The van der Waals surface area contributed by atoms with E-state index in [4.69, 9.17) is 27.9 Å². The van der Waals surface area contributed by atoms with Crippen molar-refractivity contribution in [1.82, 2.24) is 0 Å². The van der Waals surface area contributed by atoms with Crippen molar-refractivity contribution in [2.75, 3.05) is 16.8 Å². The third-order valence-electron chi connectivity index (χ3n) is 7.21. The van der Waals surface area contributed by atoms with Gasteiger partial charge >= 0.3 is 5.97 Å². The first kappa shape index (κ1) is 24.5. The summed E-state index contributed by atoms with van der Waals surface area (Å²) in [5.74, 6) is -3.46. The molecular weight excluding hydrogens is 507 g/mol. The number of nitrogens with one attached hydrogen (secondary N) is 1. The minimum absolute atomic E-state index is 0.0879. The molecule has 186 valence electrons. The summed E-state index contributed by atoms with van der Waals surface area (Å²) in [4.78, 5) is 63.8. The molecule has 1 heterocycles. The van der Waals surface area contributed by atoms with Crippen molar-refractivity contribution in [3.05, 3.63) is 59.7 Å². The van der Waals surface area contributed by atoms with Crippen LogP contribution in [0.15, 0.2) is 48.5 Å². The maximum absolute atomic E-state index is 13.2. The average Bonchev–Trinajstić information content (AvgIpc) is 3.47. The normalized spacial score (nSPS) is 28.2. The molecule has 2 aromatic rings. The van der Waals surface area contributed by atoms with Gasteiger partial charge in [-0.2, -0.15) is 0 Å². The molecule has 2 aromatic carbocycles. The van der Waals surface area contributed by atoms with Crippen LogP contribution in [0.25, 0.3) is 0 Å². The van der Waals surface area contributed by atoms with Crippen LogP contribution in [0, 0.1) is 23.7 Å². The third kappa shape index (κ3) is 4.08. The SMILES string of the molecule is CC(=O)c1cccc(NC(=O)COC(=O)c2cccc(N3C(=O)[C@@H]4[C@H]5C[C@@H]([C@H](Cl)[C@H]5Cl)[C@H]4C3=O)c2)c1. The summed E-state index contributed by atoms with van der Waals surface area (Å²) in [6.07, 6.45) is 0.663. The van der Waals surface area contributed by atoms with Gasteiger partial charge in [-0.15, -0.1) is 23.2 Å². The summed E-state index contributed by atoms with van der Waals surface area (Å²) >= 11 is 12.8. The lowest BCUT2D eigenvalue weighted by Crippen LogP contribution is -2.37. The fraction of sp³-hybridized carbons (Fsp3) is 0.346. The van der Waals surface area contributed by atoms with Gasteiger partial charge in [-0.3, -0.25) is 24.1 Å². The Labute approximate surface area is 216 Å². The first-order valence-electron chi connectivity index (χ1n) is 11.5. The molecule has 6 atom stereocenters. The second-order valence-electron chi connectivity index (χ2n) is 9.33. The number of carbonyl (C=O) groups is 5.